The minimum atomic E-state index is -0.542. The number of hydrogen-bond donors (Lipinski definition) is 2. The number of carbonyl (C=O) groups excluding carboxylic acids is 3. The van der Waals surface area contributed by atoms with Crippen LogP contribution in [0.1, 0.15) is 33.1 Å². The fourth-order valence-electron chi connectivity index (χ4n) is 1.79. The van der Waals surface area contributed by atoms with E-state index in [4.69, 9.17) is 5.73 Å². The SMILES string of the molecule is CCC(C)C(N)C(=O)NCCN1C(=O)CCC1=O. The Labute approximate surface area is 107 Å². The van der Waals surface area contributed by atoms with Crippen molar-refractivity contribution in [1.29, 1.82) is 0 Å². The van der Waals surface area contributed by atoms with Crippen molar-refractivity contribution < 1.29 is 14.4 Å². The van der Waals surface area contributed by atoms with Crippen molar-refractivity contribution in [2.75, 3.05) is 13.1 Å². The molecule has 6 nitrogen and oxygen atoms in total. The zero-order chi connectivity index (χ0) is 13.7. The molecule has 1 heterocycles. The van der Waals surface area contributed by atoms with Gasteiger partial charge in [-0.2, -0.15) is 0 Å². The van der Waals surface area contributed by atoms with E-state index in [0.717, 1.165) is 6.42 Å². The summed E-state index contributed by atoms with van der Waals surface area (Å²) in [4.78, 5) is 35.5. The van der Waals surface area contributed by atoms with Gasteiger partial charge in [0.2, 0.25) is 17.7 Å². The van der Waals surface area contributed by atoms with Crippen molar-refractivity contribution in [3.63, 3.8) is 0 Å². The Morgan fingerprint density at radius 2 is 1.94 bits per heavy atom. The van der Waals surface area contributed by atoms with Crippen LogP contribution in [0.4, 0.5) is 0 Å². The summed E-state index contributed by atoms with van der Waals surface area (Å²) in [6, 6.07) is -0.542. The molecule has 1 aliphatic heterocycles. The number of hydrogen-bond acceptors (Lipinski definition) is 4. The van der Waals surface area contributed by atoms with Crippen molar-refractivity contribution in [2.45, 2.75) is 39.2 Å². The van der Waals surface area contributed by atoms with Crippen LogP contribution in [-0.2, 0) is 14.4 Å². The molecule has 0 bridgehead atoms. The first kappa shape index (κ1) is 14.6. The van der Waals surface area contributed by atoms with Gasteiger partial charge in [0.15, 0.2) is 0 Å². The summed E-state index contributed by atoms with van der Waals surface area (Å²) < 4.78 is 0. The van der Waals surface area contributed by atoms with Gasteiger partial charge in [-0.15, -0.1) is 0 Å². The molecule has 0 aromatic rings. The van der Waals surface area contributed by atoms with E-state index in [9.17, 15) is 14.4 Å². The fraction of sp³-hybridized carbons (Fsp3) is 0.750. The first-order valence-corrected chi connectivity index (χ1v) is 6.33. The number of imide groups is 1. The molecule has 1 rings (SSSR count). The average molecular weight is 255 g/mol. The molecular weight excluding hydrogens is 234 g/mol. The second-order valence-electron chi connectivity index (χ2n) is 4.64. The number of likely N-dealkylation sites (tertiary alicyclic amines) is 1. The van der Waals surface area contributed by atoms with Gasteiger partial charge >= 0.3 is 0 Å². The van der Waals surface area contributed by atoms with E-state index in [1.165, 1.54) is 4.90 Å². The van der Waals surface area contributed by atoms with Gasteiger partial charge in [-0.05, 0) is 5.92 Å². The molecule has 0 saturated carbocycles. The first-order valence-electron chi connectivity index (χ1n) is 6.33. The van der Waals surface area contributed by atoms with Gasteiger partial charge in [0.05, 0.1) is 6.04 Å². The molecule has 18 heavy (non-hydrogen) atoms. The van der Waals surface area contributed by atoms with E-state index in [1.807, 2.05) is 13.8 Å². The van der Waals surface area contributed by atoms with Crippen molar-refractivity contribution in [3.05, 3.63) is 0 Å². The number of nitrogens with zero attached hydrogens (tertiary/aromatic N) is 1. The molecule has 102 valence electrons. The third kappa shape index (κ3) is 3.53. The van der Waals surface area contributed by atoms with E-state index in [1.54, 1.807) is 0 Å². The Morgan fingerprint density at radius 3 is 2.44 bits per heavy atom. The second-order valence-corrected chi connectivity index (χ2v) is 4.64. The standard InChI is InChI=1S/C12H21N3O3/c1-3-8(2)11(13)12(18)14-6-7-15-9(16)4-5-10(15)17/h8,11H,3-7,13H2,1-2H3,(H,14,18). The highest BCUT2D eigenvalue weighted by Gasteiger charge is 2.28. The summed E-state index contributed by atoms with van der Waals surface area (Å²) in [7, 11) is 0. The Bertz CT molecular complexity index is 327. The number of rotatable bonds is 6. The zero-order valence-electron chi connectivity index (χ0n) is 10.9. The maximum atomic E-state index is 11.7. The van der Waals surface area contributed by atoms with E-state index < -0.39 is 6.04 Å². The van der Waals surface area contributed by atoms with E-state index in [-0.39, 0.29) is 49.6 Å². The van der Waals surface area contributed by atoms with Crippen molar-refractivity contribution in [1.82, 2.24) is 10.2 Å². The fourth-order valence-corrected chi connectivity index (χ4v) is 1.79. The normalized spacial score (nSPS) is 18.9. The van der Waals surface area contributed by atoms with Gasteiger partial charge in [-0.25, -0.2) is 0 Å². The highest BCUT2D eigenvalue weighted by atomic mass is 16.2. The van der Waals surface area contributed by atoms with E-state index in [0.29, 0.717) is 0 Å². The van der Waals surface area contributed by atoms with Gasteiger partial charge in [0.25, 0.3) is 0 Å². The highest BCUT2D eigenvalue weighted by Crippen LogP contribution is 2.10. The predicted molar refractivity (Wildman–Crippen MR) is 66.4 cm³/mol. The molecule has 0 radical (unpaired) electrons. The molecule has 1 saturated heterocycles. The third-order valence-electron chi connectivity index (χ3n) is 3.35. The molecule has 1 fully saturated rings. The minimum absolute atomic E-state index is 0.111. The molecule has 0 aromatic heterocycles. The summed E-state index contributed by atoms with van der Waals surface area (Å²) in [5.74, 6) is -0.454. The molecule has 0 aliphatic carbocycles. The Balaban J connectivity index is 2.31. The second kappa shape index (κ2) is 6.49. The van der Waals surface area contributed by atoms with Gasteiger partial charge in [-0.1, -0.05) is 20.3 Å². The summed E-state index contributed by atoms with van der Waals surface area (Å²) in [6.45, 7) is 4.38. The van der Waals surface area contributed by atoms with Crippen LogP contribution < -0.4 is 11.1 Å². The number of nitrogens with two attached hydrogens (primary N) is 1. The molecule has 1 aliphatic rings. The quantitative estimate of drug-likeness (QED) is 0.633. The van der Waals surface area contributed by atoms with Crippen LogP contribution in [0.5, 0.6) is 0 Å². The molecule has 3 amide bonds. The maximum absolute atomic E-state index is 11.7. The van der Waals surface area contributed by atoms with Crippen molar-refractivity contribution in [3.8, 4) is 0 Å². The van der Waals surface area contributed by atoms with Crippen LogP contribution in [0.2, 0.25) is 0 Å². The summed E-state index contributed by atoms with van der Waals surface area (Å²) >= 11 is 0. The van der Waals surface area contributed by atoms with Gasteiger partial charge in [0.1, 0.15) is 0 Å². The largest absolute Gasteiger partial charge is 0.353 e. The molecule has 0 spiro atoms. The van der Waals surface area contributed by atoms with Gasteiger partial charge < -0.3 is 11.1 Å². The molecular formula is C12H21N3O3. The molecule has 3 N–H and O–H groups in total. The number of nitrogens with one attached hydrogen (secondary N) is 1. The van der Waals surface area contributed by atoms with Crippen molar-refractivity contribution >= 4 is 17.7 Å². The first-order chi connectivity index (χ1) is 8.47. The number of amides is 3. The van der Waals surface area contributed by atoms with Crippen LogP contribution >= 0.6 is 0 Å². The molecule has 6 heteroatoms. The summed E-state index contributed by atoms with van der Waals surface area (Å²) in [5.41, 5.74) is 5.76. The van der Waals surface area contributed by atoms with Crippen LogP contribution in [-0.4, -0.2) is 41.8 Å². The lowest BCUT2D eigenvalue weighted by molar-refractivity contribution is -0.138. The number of carbonyl (C=O) groups is 3. The van der Waals surface area contributed by atoms with Crippen LogP contribution in [0, 0.1) is 5.92 Å². The maximum Gasteiger partial charge on any atom is 0.237 e. The molecule has 0 aromatic carbocycles. The lowest BCUT2D eigenvalue weighted by Crippen LogP contribution is -2.47. The highest BCUT2D eigenvalue weighted by molar-refractivity contribution is 6.01. The Kier molecular flexibility index (Phi) is 5.27. The summed E-state index contributed by atoms with van der Waals surface area (Å²) in [6.07, 6.45) is 1.38. The topological polar surface area (TPSA) is 92.5 Å². The lowest BCUT2D eigenvalue weighted by atomic mass is 9.99. The predicted octanol–water partition coefficient (Wildman–Crippen LogP) is -0.375. The van der Waals surface area contributed by atoms with Crippen LogP contribution in [0.15, 0.2) is 0 Å². The van der Waals surface area contributed by atoms with E-state index in [2.05, 4.69) is 5.32 Å². The lowest BCUT2D eigenvalue weighted by Gasteiger charge is -2.19. The molecule has 2 atom stereocenters. The van der Waals surface area contributed by atoms with Crippen molar-refractivity contribution in [2.24, 2.45) is 11.7 Å². The van der Waals surface area contributed by atoms with Crippen LogP contribution in [0.3, 0.4) is 0 Å². The zero-order valence-corrected chi connectivity index (χ0v) is 10.9. The average Bonchev–Trinajstić information content (AvgIpc) is 2.68. The minimum Gasteiger partial charge on any atom is -0.353 e. The monoisotopic (exact) mass is 255 g/mol. The van der Waals surface area contributed by atoms with Gasteiger partial charge in [-0.3, -0.25) is 19.3 Å². The smallest absolute Gasteiger partial charge is 0.237 e. The Hall–Kier alpha value is -1.43. The third-order valence-corrected chi connectivity index (χ3v) is 3.35. The Morgan fingerprint density at radius 1 is 1.39 bits per heavy atom. The summed E-state index contributed by atoms with van der Waals surface area (Å²) in [5, 5.41) is 2.66. The van der Waals surface area contributed by atoms with Crippen LogP contribution in [0.25, 0.3) is 0 Å². The molecule has 2 unspecified atom stereocenters. The van der Waals surface area contributed by atoms with E-state index >= 15 is 0 Å². The van der Waals surface area contributed by atoms with Gasteiger partial charge in [0, 0.05) is 25.9 Å².